The van der Waals surface area contributed by atoms with Gasteiger partial charge in [0, 0.05) is 18.2 Å². The Labute approximate surface area is 211 Å². The second-order valence-corrected chi connectivity index (χ2v) is 11.3. The van der Waals surface area contributed by atoms with E-state index in [1.807, 2.05) is 12.1 Å². The van der Waals surface area contributed by atoms with Crippen LogP contribution in [0.15, 0.2) is 54.6 Å². The summed E-state index contributed by atoms with van der Waals surface area (Å²) in [5.74, 6) is 5.04. The molecule has 4 aliphatic carbocycles. The van der Waals surface area contributed by atoms with E-state index in [0.717, 1.165) is 29.7 Å². The van der Waals surface area contributed by atoms with Crippen LogP contribution in [0.3, 0.4) is 0 Å². The summed E-state index contributed by atoms with van der Waals surface area (Å²) in [4.78, 5) is 0. The lowest BCUT2D eigenvalue weighted by Crippen LogP contribution is -2.46. The third-order valence-corrected chi connectivity index (χ3v) is 8.60. The van der Waals surface area contributed by atoms with Gasteiger partial charge < -0.3 is 31.2 Å². The van der Waals surface area contributed by atoms with Gasteiger partial charge in [0.1, 0.15) is 34.5 Å². The zero-order chi connectivity index (χ0) is 24.9. The molecule has 0 unspecified atom stereocenters. The average molecular weight is 487 g/mol. The molecule has 0 spiro atoms. The highest BCUT2D eigenvalue weighted by atomic mass is 16.5. The third-order valence-electron chi connectivity index (χ3n) is 8.60. The van der Waals surface area contributed by atoms with Crippen LogP contribution < -0.4 is 20.9 Å². The van der Waals surface area contributed by atoms with Gasteiger partial charge in [0.15, 0.2) is 0 Å². The molecule has 4 saturated carbocycles. The fourth-order valence-corrected chi connectivity index (χ4v) is 7.33. The molecule has 36 heavy (non-hydrogen) atoms. The first kappa shape index (κ1) is 22.9. The quantitative estimate of drug-likeness (QED) is 0.211. The van der Waals surface area contributed by atoms with Crippen molar-refractivity contribution >= 4 is 11.4 Å². The van der Waals surface area contributed by atoms with Crippen molar-refractivity contribution in [2.24, 2.45) is 23.2 Å². The molecule has 0 aromatic heterocycles. The fraction of sp³-hybridized carbons (Fsp3) is 0.400. The van der Waals surface area contributed by atoms with Crippen molar-refractivity contribution in [3.05, 3.63) is 60.2 Å². The highest BCUT2D eigenvalue weighted by molar-refractivity contribution is 5.57. The lowest BCUT2D eigenvalue weighted by Gasteiger charge is -2.57. The van der Waals surface area contributed by atoms with Crippen LogP contribution in [-0.2, 0) is 6.42 Å². The van der Waals surface area contributed by atoms with Crippen molar-refractivity contribution in [1.82, 2.24) is 0 Å². The summed E-state index contributed by atoms with van der Waals surface area (Å²) in [7, 11) is 0. The fourth-order valence-electron chi connectivity index (χ4n) is 7.33. The minimum absolute atomic E-state index is 0.00706. The van der Waals surface area contributed by atoms with E-state index < -0.39 is 0 Å². The van der Waals surface area contributed by atoms with Gasteiger partial charge in [-0.2, -0.15) is 0 Å². The zero-order valence-electron chi connectivity index (χ0n) is 20.5. The second-order valence-electron chi connectivity index (χ2n) is 11.3. The molecule has 0 atom stereocenters. The molecule has 4 bridgehead atoms. The Kier molecular flexibility index (Phi) is 5.62. The summed E-state index contributed by atoms with van der Waals surface area (Å²) in [6.45, 7) is 0. The molecule has 6 heteroatoms. The van der Waals surface area contributed by atoms with Crippen LogP contribution in [0.1, 0.15) is 50.5 Å². The van der Waals surface area contributed by atoms with Gasteiger partial charge in [-0.1, -0.05) is 6.07 Å². The van der Waals surface area contributed by atoms with Crippen LogP contribution >= 0.6 is 0 Å². The van der Waals surface area contributed by atoms with E-state index in [-0.39, 0.29) is 11.5 Å². The van der Waals surface area contributed by atoms with E-state index in [1.54, 1.807) is 24.3 Å². The monoisotopic (exact) mass is 486 g/mol. The molecule has 0 amide bonds. The molecule has 4 aliphatic rings. The molecule has 4 fully saturated rings. The predicted octanol–water partition coefficient (Wildman–Crippen LogP) is 7.00. The van der Waals surface area contributed by atoms with E-state index in [4.69, 9.17) is 20.9 Å². The Morgan fingerprint density at radius 2 is 1.19 bits per heavy atom. The molecule has 0 heterocycles. The van der Waals surface area contributed by atoms with Crippen molar-refractivity contribution in [3.63, 3.8) is 0 Å². The number of anilines is 2. The van der Waals surface area contributed by atoms with Gasteiger partial charge in [-0.15, -0.1) is 0 Å². The summed E-state index contributed by atoms with van der Waals surface area (Å²) in [6.07, 6.45) is 10.6. The second kappa shape index (κ2) is 8.84. The summed E-state index contributed by atoms with van der Waals surface area (Å²) < 4.78 is 12.3. The first-order valence-corrected chi connectivity index (χ1v) is 13.0. The zero-order valence-corrected chi connectivity index (χ0v) is 20.5. The van der Waals surface area contributed by atoms with Gasteiger partial charge in [-0.3, -0.25) is 0 Å². The van der Waals surface area contributed by atoms with Gasteiger partial charge in [-0.25, -0.2) is 0 Å². The molecular weight excluding hydrogens is 452 g/mol. The van der Waals surface area contributed by atoms with E-state index in [0.29, 0.717) is 39.8 Å². The summed E-state index contributed by atoms with van der Waals surface area (Å²) in [6, 6.07) is 15.6. The van der Waals surface area contributed by atoms with Crippen molar-refractivity contribution in [3.8, 4) is 34.5 Å². The number of hydrogen-bond donors (Lipinski definition) is 4. The maximum atomic E-state index is 10.1. The van der Waals surface area contributed by atoms with E-state index in [2.05, 4.69) is 6.07 Å². The average Bonchev–Trinajstić information content (AvgIpc) is 2.82. The summed E-state index contributed by atoms with van der Waals surface area (Å²) in [5.41, 5.74) is 13.7. The van der Waals surface area contributed by atoms with Crippen molar-refractivity contribution < 1.29 is 19.7 Å². The molecule has 7 rings (SSSR count). The van der Waals surface area contributed by atoms with Crippen LogP contribution in [0.2, 0.25) is 0 Å². The molecule has 0 radical (unpaired) electrons. The first-order chi connectivity index (χ1) is 17.3. The molecular formula is C30H34N2O4. The van der Waals surface area contributed by atoms with Crippen molar-refractivity contribution in [2.45, 2.75) is 51.4 Å². The van der Waals surface area contributed by atoms with Crippen LogP contribution in [0.4, 0.5) is 11.4 Å². The number of aryl methyl sites for hydroxylation is 1. The summed E-state index contributed by atoms with van der Waals surface area (Å²) >= 11 is 0. The van der Waals surface area contributed by atoms with Crippen LogP contribution in [-0.4, -0.2) is 10.2 Å². The Hall–Kier alpha value is -3.54. The molecule has 0 saturated heterocycles. The summed E-state index contributed by atoms with van der Waals surface area (Å²) in [5, 5.41) is 20.0. The maximum Gasteiger partial charge on any atom is 0.142 e. The molecule has 0 aliphatic heterocycles. The smallest absolute Gasteiger partial charge is 0.142 e. The number of phenolic OH excluding ortho intramolecular Hbond substituents is 2. The van der Waals surface area contributed by atoms with Gasteiger partial charge in [-0.05, 0) is 110 Å². The number of aromatic hydroxyl groups is 2. The Morgan fingerprint density at radius 3 is 1.75 bits per heavy atom. The number of ether oxygens (including phenoxy) is 2. The minimum atomic E-state index is -0.0199. The Morgan fingerprint density at radius 1 is 0.694 bits per heavy atom. The maximum absolute atomic E-state index is 10.1. The third kappa shape index (κ3) is 4.52. The SMILES string of the molecule is Nc1ccc(Oc2ccc(CCC34CC5CC(CC(C5)C3)C4)c(Oc3ccc(N)c(O)c3)c2)cc1O. The Balaban J connectivity index is 1.26. The van der Waals surface area contributed by atoms with Crippen LogP contribution in [0.5, 0.6) is 34.5 Å². The van der Waals surface area contributed by atoms with E-state index in [9.17, 15) is 10.2 Å². The lowest BCUT2D eigenvalue weighted by atomic mass is 9.48. The minimum Gasteiger partial charge on any atom is -0.506 e. The number of phenols is 2. The van der Waals surface area contributed by atoms with Crippen LogP contribution in [0, 0.1) is 23.2 Å². The molecule has 3 aromatic carbocycles. The van der Waals surface area contributed by atoms with Gasteiger partial charge in [0.05, 0.1) is 11.4 Å². The predicted molar refractivity (Wildman–Crippen MR) is 141 cm³/mol. The molecule has 188 valence electrons. The van der Waals surface area contributed by atoms with Crippen molar-refractivity contribution in [2.75, 3.05) is 11.5 Å². The van der Waals surface area contributed by atoms with Crippen LogP contribution in [0.25, 0.3) is 0 Å². The van der Waals surface area contributed by atoms with Gasteiger partial charge in [0.2, 0.25) is 0 Å². The van der Waals surface area contributed by atoms with E-state index in [1.165, 1.54) is 57.1 Å². The number of rotatable bonds is 7. The van der Waals surface area contributed by atoms with Gasteiger partial charge in [0.25, 0.3) is 0 Å². The Bertz CT molecular complexity index is 1250. The lowest BCUT2D eigenvalue weighted by molar-refractivity contribution is -0.0570. The van der Waals surface area contributed by atoms with Gasteiger partial charge >= 0.3 is 0 Å². The number of benzene rings is 3. The largest absolute Gasteiger partial charge is 0.506 e. The van der Waals surface area contributed by atoms with Crippen molar-refractivity contribution in [1.29, 1.82) is 0 Å². The molecule has 6 N–H and O–H groups in total. The topological polar surface area (TPSA) is 111 Å². The highest BCUT2D eigenvalue weighted by Crippen LogP contribution is 2.61. The highest BCUT2D eigenvalue weighted by Gasteiger charge is 2.50. The first-order valence-electron chi connectivity index (χ1n) is 13.0. The molecule has 3 aromatic rings. The van der Waals surface area contributed by atoms with E-state index >= 15 is 0 Å². The standard InChI is InChI=1S/C30H34N2O4/c31-25-5-3-22(12-27(25)33)35-24-2-1-21(29(14-24)36-23-4-6-26(32)28(34)13-23)7-8-30-15-18-9-19(16-30)11-20(10-18)17-30/h1-6,12-14,18-20,33-34H,7-11,15-17,31-32H2. The number of nitrogens with two attached hydrogens (primary N) is 2. The molecule has 6 nitrogen and oxygen atoms in total. The number of hydrogen-bond acceptors (Lipinski definition) is 6. The number of nitrogen functional groups attached to an aromatic ring is 2. The normalized spacial score (nSPS) is 26.2.